The molecule has 1 atom stereocenters. The van der Waals surface area contributed by atoms with Gasteiger partial charge in [-0.15, -0.1) is 0 Å². The zero-order valence-corrected chi connectivity index (χ0v) is 13.8. The van der Waals surface area contributed by atoms with Gasteiger partial charge in [0.25, 0.3) is 0 Å². The monoisotopic (exact) mass is 325 g/mol. The molecule has 0 spiro atoms. The maximum absolute atomic E-state index is 12.0. The molecule has 0 aliphatic carbocycles. The van der Waals surface area contributed by atoms with Gasteiger partial charge in [0, 0.05) is 32.0 Å². The summed E-state index contributed by atoms with van der Waals surface area (Å²) in [7, 11) is 0.485. The second-order valence-corrected chi connectivity index (χ2v) is 7.89. The number of hydrogen-bond acceptors (Lipinski definition) is 4. The topological polar surface area (TPSA) is 83.7 Å². The normalized spacial score (nSPS) is 19.2. The summed E-state index contributed by atoms with van der Waals surface area (Å²) in [6, 6.07) is 8.11. The van der Waals surface area contributed by atoms with Crippen LogP contribution in [0.15, 0.2) is 24.3 Å². The third kappa shape index (κ3) is 5.08. The van der Waals surface area contributed by atoms with Crippen LogP contribution in [-0.2, 0) is 27.9 Å². The lowest BCUT2D eigenvalue weighted by Crippen LogP contribution is -2.27. The zero-order chi connectivity index (χ0) is 16.3. The van der Waals surface area contributed by atoms with Gasteiger partial charge in [-0.2, -0.15) is 0 Å². The van der Waals surface area contributed by atoms with Gasteiger partial charge < -0.3 is 9.80 Å². The van der Waals surface area contributed by atoms with Gasteiger partial charge in [-0.1, -0.05) is 24.3 Å². The molecule has 122 valence electrons. The average molecular weight is 325 g/mol. The van der Waals surface area contributed by atoms with E-state index in [1.807, 2.05) is 26.2 Å². The Morgan fingerprint density at radius 1 is 1.32 bits per heavy atom. The Labute approximate surface area is 131 Å². The second-order valence-electron chi connectivity index (χ2n) is 6.23. The highest BCUT2D eigenvalue weighted by Gasteiger charge is 2.31. The van der Waals surface area contributed by atoms with Crippen LogP contribution in [0.4, 0.5) is 0 Å². The number of carbonyl (C=O) groups excluding carboxylic acids is 1. The highest BCUT2D eigenvalue weighted by atomic mass is 32.2. The molecule has 1 heterocycles. The van der Waals surface area contributed by atoms with Crippen LogP contribution >= 0.6 is 0 Å². The number of hydrogen-bond donors (Lipinski definition) is 1. The highest BCUT2D eigenvalue weighted by molar-refractivity contribution is 7.89. The number of carbonyl (C=O) groups is 1. The summed E-state index contributed by atoms with van der Waals surface area (Å²) in [5, 5.41) is 5.06. The van der Waals surface area contributed by atoms with Crippen LogP contribution in [-0.4, -0.2) is 50.5 Å². The van der Waals surface area contributed by atoms with Crippen molar-refractivity contribution in [2.45, 2.75) is 19.5 Å². The molecule has 2 rings (SSSR count). The van der Waals surface area contributed by atoms with Gasteiger partial charge in [0.15, 0.2) is 0 Å². The van der Waals surface area contributed by atoms with Crippen molar-refractivity contribution >= 4 is 15.9 Å². The Balaban J connectivity index is 2.00. The molecule has 1 fully saturated rings. The molecule has 0 saturated carbocycles. The molecule has 0 bridgehead atoms. The van der Waals surface area contributed by atoms with Crippen molar-refractivity contribution in [1.29, 1.82) is 0 Å². The fourth-order valence-electron chi connectivity index (χ4n) is 2.86. The second kappa shape index (κ2) is 6.76. The Hall–Kier alpha value is -1.44. The Morgan fingerprint density at radius 2 is 2.00 bits per heavy atom. The van der Waals surface area contributed by atoms with E-state index in [4.69, 9.17) is 5.14 Å². The minimum atomic E-state index is -3.53. The summed E-state index contributed by atoms with van der Waals surface area (Å²) < 4.78 is 22.3. The number of amides is 1. The molecule has 2 N–H and O–H groups in total. The molecule has 1 aromatic carbocycles. The number of sulfonamides is 1. The molecule has 0 aromatic heterocycles. The molecular formula is C15H23N3O3S. The van der Waals surface area contributed by atoms with E-state index in [-0.39, 0.29) is 24.0 Å². The van der Waals surface area contributed by atoms with E-state index >= 15 is 0 Å². The maximum Gasteiger partial charge on any atom is 0.223 e. The van der Waals surface area contributed by atoms with Crippen LogP contribution in [0.1, 0.15) is 17.5 Å². The molecule has 7 heteroatoms. The third-order valence-corrected chi connectivity index (χ3v) is 4.56. The fourth-order valence-corrected chi connectivity index (χ4v) is 3.74. The predicted molar refractivity (Wildman–Crippen MR) is 85.3 cm³/mol. The molecule has 1 aliphatic rings. The lowest BCUT2D eigenvalue weighted by Gasteiger charge is -2.18. The molecular weight excluding hydrogens is 302 g/mol. The Bertz CT molecular complexity index is 643. The highest BCUT2D eigenvalue weighted by Crippen LogP contribution is 2.21. The number of rotatable bonds is 6. The quantitative estimate of drug-likeness (QED) is 0.820. The molecule has 1 unspecified atom stereocenters. The first-order valence-corrected chi connectivity index (χ1v) is 8.95. The van der Waals surface area contributed by atoms with E-state index in [1.54, 1.807) is 4.90 Å². The summed E-state index contributed by atoms with van der Waals surface area (Å²) in [6.07, 6.45) is 0.258. The average Bonchev–Trinajstić information content (AvgIpc) is 2.66. The van der Waals surface area contributed by atoms with Gasteiger partial charge in [-0.3, -0.25) is 4.79 Å². The van der Waals surface area contributed by atoms with Gasteiger partial charge in [0.05, 0.1) is 5.75 Å². The third-order valence-electron chi connectivity index (χ3n) is 3.63. The summed E-state index contributed by atoms with van der Waals surface area (Å²) in [5.74, 6) is -0.338. The predicted octanol–water partition coefficient (Wildman–Crippen LogP) is 0.385. The minimum absolute atomic E-state index is 0.00772. The van der Waals surface area contributed by atoms with Crippen LogP contribution in [0.5, 0.6) is 0 Å². The van der Waals surface area contributed by atoms with Crippen molar-refractivity contribution in [3.63, 3.8) is 0 Å². The van der Waals surface area contributed by atoms with Crippen molar-refractivity contribution in [3.8, 4) is 0 Å². The van der Waals surface area contributed by atoms with Crippen molar-refractivity contribution in [1.82, 2.24) is 9.80 Å². The van der Waals surface area contributed by atoms with Crippen molar-refractivity contribution < 1.29 is 13.2 Å². The Morgan fingerprint density at radius 3 is 2.64 bits per heavy atom. The number of nitrogens with two attached hydrogens (primary N) is 1. The van der Waals surface area contributed by atoms with E-state index in [0.29, 0.717) is 13.1 Å². The van der Waals surface area contributed by atoms with Gasteiger partial charge >= 0.3 is 0 Å². The van der Waals surface area contributed by atoms with E-state index in [9.17, 15) is 13.2 Å². The first-order chi connectivity index (χ1) is 10.2. The molecule has 6 nitrogen and oxygen atoms in total. The standard InChI is InChI=1S/C15H23N3O3S/c1-17(2)8-12-4-3-5-13(6-12)9-18-10-14(7-15(18)19)11-22(16,20)21/h3-6,14H,7-11H2,1-2H3,(H2,16,20,21). The fraction of sp³-hybridized carbons (Fsp3) is 0.533. The largest absolute Gasteiger partial charge is 0.338 e. The van der Waals surface area contributed by atoms with Crippen molar-refractivity contribution in [3.05, 3.63) is 35.4 Å². The molecule has 0 radical (unpaired) electrons. The van der Waals surface area contributed by atoms with Crippen molar-refractivity contribution in [2.24, 2.45) is 11.1 Å². The molecule has 1 aliphatic heterocycles. The first kappa shape index (κ1) is 16.9. The lowest BCUT2D eigenvalue weighted by molar-refractivity contribution is -0.128. The van der Waals surface area contributed by atoms with Crippen LogP contribution < -0.4 is 5.14 Å². The number of nitrogens with zero attached hydrogens (tertiary/aromatic N) is 2. The van der Waals surface area contributed by atoms with Gasteiger partial charge in [0.1, 0.15) is 0 Å². The number of benzene rings is 1. The van der Waals surface area contributed by atoms with E-state index in [1.165, 1.54) is 5.56 Å². The zero-order valence-electron chi connectivity index (χ0n) is 13.0. The van der Waals surface area contributed by atoms with E-state index in [0.717, 1.165) is 12.1 Å². The van der Waals surface area contributed by atoms with Gasteiger partial charge in [-0.05, 0) is 25.2 Å². The number of likely N-dealkylation sites (tertiary alicyclic amines) is 1. The summed E-state index contributed by atoms with van der Waals surface area (Å²) in [6.45, 7) is 1.81. The van der Waals surface area contributed by atoms with Gasteiger partial charge in [0.2, 0.25) is 15.9 Å². The van der Waals surface area contributed by atoms with E-state index < -0.39 is 10.0 Å². The Kier molecular flexibility index (Phi) is 5.20. The van der Waals surface area contributed by atoms with Crippen LogP contribution in [0.2, 0.25) is 0 Å². The van der Waals surface area contributed by atoms with Crippen LogP contribution in [0.3, 0.4) is 0 Å². The van der Waals surface area contributed by atoms with Crippen molar-refractivity contribution in [2.75, 3.05) is 26.4 Å². The molecule has 22 heavy (non-hydrogen) atoms. The summed E-state index contributed by atoms with van der Waals surface area (Å²) >= 11 is 0. The minimum Gasteiger partial charge on any atom is -0.338 e. The molecule has 1 saturated heterocycles. The van der Waals surface area contributed by atoms with Gasteiger partial charge in [-0.25, -0.2) is 13.6 Å². The van der Waals surface area contributed by atoms with E-state index in [2.05, 4.69) is 17.0 Å². The first-order valence-electron chi connectivity index (χ1n) is 7.24. The summed E-state index contributed by atoms with van der Waals surface area (Å²) in [5.41, 5.74) is 2.25. The van der Waals surface area contributed by atoms with Crippen LogP contribution in [0.25, 0.3) is 0 Å². The summed E-state index contributed by atoms with van der Waals surface area (Å²) in [4.78, 5) is 15.8. The molecule has 1 aromatic rings. The number of primary sulfonamides is 1. The molecule has 1 amide bonds. The smallest absolute Gasteiger partial charge is 0.223 e. The SMILES string of the molecule is CN(C)Cc1cccc(CN2CC(CS(N)(=O)=O)CC2=O)c1. The lowest BCUT2D eigenvalue weighted by atomic mass is 10.1. The van der Waals surface area contributed by atoms with Crippen LogP contribution in [0, 0.1) is 5.92 Å². The maximum atomic E-state index is 12.0.